The largest absolute Gasteiger partial charge is 0.463 e. The fourth-order valence-electron chi connectivity index (χ4n) is 2.40. The van der Waals surface area contributed by atoms with Crippen LogP contribution in [0, 0.1) is 0 Å². The smallest absolute Gasteiger partial charge is 0.304 e. The van der Waals surface area contributed by atoms with Crippen LogP contribution in [0.15, 0.2) is 35.9 Å². The molecule has 1 aromatic carbocycles. The lowest BCUT2D eigenvalue weighted by molar-refractivity contribution is -0.152. The molecule has 2 aliphatic heterocycles. The number of hydrogen-bond acceptors (Lipinski definition) is 5. The molecule has 108 valence electrons. The molecule has 5 heteroatoms. The maximum atomic E-state index is 5.84. The van der Waals surface area contributed by atoms with Gasteiger partial charge in [-0.3, -0.25) is 10.3 Å². The molecule has 0 amide bonds. The van der Waals surface area contributed by atoms with Crippen LogP contribution < -0.4 is 10.2 Å². The van der Waals surface area contributed by atoms with Crippen molar-refractivity contribution >= 4 is 0 Å². The van der Waals surface area contributed by atoms with Crippen molar-refractivity contribution in [2.24, 2.45) is 0 Å². The second-order valence-corrected chi connectivity index (χ2v) is 4.71. The first-order chi connectivity index (χ1) is 9.83. The third-order valence-electron chi connectivity index (χ3n) is 3.45. The van der Waals surface area contributed by atoms with Crippen LogP contribution in [0.1, 0.15) is 31.7 Å². The fourth-order valence-corrected chi connectivity index (χ4v) is 2.40. The van der Waals surface area contributed by atoms with E-state index >= 15 is 0 Å². The number of nitrogens with one attached hydrogen (secondary N) is 1. The van der Waals surface area contributed by atoms with Crippen molar-refractivity contribution < 1.29 is 19.0 Å². The highest BCUT2D eigenvalue weighted by Gasteiger charge is 2.41. The Labute approximate surface area is 118 Å². The zero-order chi connectivity index (χ0) is 13.9. The highest BCUT2D eigenvalue weighted by Crippen LogP contribution is 2.42. The number of hydrogen-bond donors (Lipinski definition) is 1. The van der Waals surface area contributed by atoms with E-state index < -0.39 is 0 Å². The summed E-state index contributed by atoms with van der Waals surface area (Å²) in [6.07, 6.45) is 0.417. The SMILES string of the molecule is CCONC(CC)=C1OCC2c3ccccc3OC2O1. The molecule has 1 fully saturated rings. The summed E-state index contributed by atoms with van der Waals surface area (Å²) in [7, 11) is 0. The van der Waals surface area contributed by atoms with E-state index in [4.69, 9.17) is 19.0 Å². The Kier molecular flexibility index (Phi) is 3.69. The molecule has 5 nitrogen and oxygen atoms in total. The van der Waals surface area contributed by atoms with E-state index in [9.17, 15) is 0 Å². The zero-order valence-electron chi connectivity index (χ0n) is 11.7. The Morgan fingerprint density at radius 3 is 2.95 bits per heavy atom. The summed E-state index contributed by atoms with van der Waals surface area (Å²) in [6, 6.07) is 7.98. The van der Waals surface area contributed by atoms with Crippen LogP contribution in [0.3, 0.4) is 0 Å². The molecule has 0 spiro atoms. The average molecular weight is 277 g/mol. The Morgan fingerprint density at radius 2 is 2.15 bits per heavy atom. The minimum Gasteiger partial charge on any atom is -0.463 e. The van der Waals surface area contributed by atoms with E-state index in [-0.39, 0.29) is 12.2 Å². The van der Waals surface area contributed by atoms with Crippen LogP contribution in [0.5, 0.6) is 5.75 Å². The molecule has 2 atom stereocenters. The van der Waals surface area contributed by atoms with Gasteiger partial charge in [0.05, 0.1) is 12.5 Å². The topological polar surface area (TPSA) is 49.0 Å². The normalized spacial score (nSPS) is 25.7. The van der Waals surface area contributed by atoms with Crippen LogP contribution in [0.25, 0.3) is 0 Å². The number of allylic oxidation sites excluding steroid dienone is 1. The molecule has 20 heavy (non-hydrogen) atoms. The van der Waals surface area contributed by atoms with Crippen molar-refractivity contribution in [1.29, 1.82) is 0 Å². The van der Waals surface area contributed by atoms with Crippen molar-refractivity contribution in [2.45, 2.75) is 32.5 Å². The number of fused-ring (bicyclic) bond motifs is 3. The first-order valence-corrected chi connectivity index (χ1v) is 6.99. The van der Waals surface area contributed by atoms with Gasteiger partial charge in [-0.15, -0.1) is 0 Å². The van der Waals surface area contributed by atoms with Gasteiger partial charge >= 0.3 is 5.95 Å². The molecule has 0 aliphatic carbocycles. The molecule has 1 saturated heterocycles. The van der Waals surface area contributed by atoms with Gasteiger partial charge < -0.3 is 14.2 Å². The van der Waals surface area contributed by atoms with Crippen LogP contribution in [0.2, 0.25) is 0 Å². The number of ether oxygens (including phenoxy) is 3. The quantitative estimate of drug-likeness (QED) is 0.857. The van der Waals surface area contributed by atoms with Gasteiger partial charge in [0.25, 0.3) is 6.29 Å². The molecule has 2 aliphatic rings. The van der Waals surface area contributed by atoms with Crippen LogP contribution >= 0.6 is 0 Å². The lowest BCUT2D eigenvalue weighted by Crippen LogP contribution is -2.33. The van der Waals surface area contributed by atoms with E-state index in [1.807, 2.05) is 32.0 Å². The van der Waals surface area contributed by atoms with Crippen molar-refractivity contribution in [1.82, 2.24) is 5.48 Å². The zero-order valence-corrected chi connectivity index (χ0v) is 11.7. The molecule has 1 N–H and O–H groups in total. The minimum atomic E-state index is -0.318. The Hall–Kier alpha value is -1.88. The molecule has 0 bridgehead atoms. The van der Waals surface area contributed by atoms with Crippen LogP contribution in [-0.4, -0.2) is 19.5 Å². The van der Waals surface area contributed by atoms with E-state index in [0.717, 1.165) is 23.4 Å². The summed E-state index contributed by atoms with van der Waals surface area (Å²) in [4.78, 5) is 5.20. The molecule has 2 heterocycles. The molecule has 2 unspecified atom stereocenters. The summed E-state index contributed by atoms with van der Waals surface area (Å²) < 4.78 is 17.4. The van der Waals surface area contributed by atoms with Crippen molar-refractivity contribution in [3.63, 3.8) is 0 Å². The lowest BCUT2D eigenvalue weighted by Gasteiger charge is -2.29. The molecule has 0 aromatic heterocycles. The van der Waals surface area contributed by atoms with E-state index in [1.165, 1.54) is 0 Å². The van der Waals surface area contributed by atoms with Gasteiger partial charge in [-0.1, -0.05) is 25.1 Å². The predicted octanol–water partition coefficient (Wildman–Crippen LogP) is 2.66. The van der Waals surface area contributed by atoms with E-state index in [1.54, 1.807) is 0 Å². The van der Waals surface area contributed by atoms with Gasteiger partial charge in [0.15, 0.2) is 0 Å². The number of rotatable bonds is 4. The van der Waals surface area contributed by atoms with Gasteiger partial charge in [-0.25, -0.2) is 0 Å². The summed E-state index contributed by atoms with van der Waals surface area (Å²) in [5.74, 6) is 1.47. The van der Waals surface area contributed by atoms with E-state index in [0.29, 0.717) is 19.2 Å². The first-order valence-electron chi connectivity index (χ1n) is 6.99. The number of benzene rings is 1. The van der Waals surface area contributed by atoms with Gasteiger partial charge in [0, 0.05) is 5.56 Å². The fraction of sp³-hybridized carbons (Fsp3) is 0.467. The second-order valence-electron chi connectivity index (χ2n) is 4.71. The van der Waals surface area contributed by atoms with Crippen molar-refractivity contribution in [3.8, 4) is 5.75 Å². The van der Waals surface area contributed by atoms with Gasteiger partial charge in [0.2, 0.25) is 0 Å². The first kappa shape index (κ1) is 13.1. The number of hydroxylamine groups is 1. The predicted molar refractivity (Wildman–Crippen MR) is 72.7 cm³/mol. The Bertz CT molecular complexity index is 514. The third kappa shape index (κ3) is 2.29. The van der Waals surface area contributed by atoms with Crippen LogP contribution in [-0.2, 0) is 14.3 Å². The monoisotopic (exact) mass is 277 g/mol. The highest BCUT2D eigenvalue weighted by molar-refractivity contribution is 5.40. The number of para-hydroxylation sites is 1. The average Bonchev–Trinajstić information content (AvgIpc) is 2.86. The lowest BCUT2D eigenvalue weighted by atomic mass is 10.0. The van der Waals surface area contributed by atoms with Gasteiger partial charge in [-0.2, -0.15) is 0 Å². The Morgan fingerprint density at radius 1 is 1.30 bits per heavy atom. The van der Waals surface area contributed by atoms with E-state index in [2.05, 4.69) is 11.5 Å². The minimum absolute atomic E-state index is 0.125. The molecule has 3 rings (SSSR count). The van der Waals surface area contributed by atoms with Crippen molar-refractivity contribution in [2.75, 3.05) is 13.2 Å². The summed E-state index contributed by atoms with van der Waals surface area (Å²) in [6.45, 7) is 5.05. The maximum absolute atomic E-state index is 5.84. The van der Waals surface area contributed by atoms with Crippen LogP contribution in [0.4, 0.5) is 0 Å². The molecular weight excluding hydrogens is 258 g/mol. The highest BCUT2D eigenvalue weighted by atomic mass is 16.8. The second kappa shape index (κ2) is 5.63. The standard InChI is InChI=1S/C15H19NO4/c1-3-12(16-18-4-2)15-17-9-11-10-7-5-6-8-13(10)19-14(11)20-15/h5-8,11,14,16H,3-4,9H2,1-2H3. The summed E-state index contributed by atoms with van der Waals surface area (Å²) in [5.41, 5.74) is 4.81. The molecule has 1 aromatic rings. The maximum Gasteiger partial charge on any atom is 0.304 e. The molecule has 0 saturated carbocycles. The van der Waals surface area contributed by atoms with Gasteiger partial charge in [0.1, 0.15) is 18.1 Å². The molecule has 0 radical (unpaired) electrons. The summed E-state index contributed by atoms with van der Waals surface area (Å²) in [5, 5.41) is 0. The molecular formula is C15H19NO4. The third-order valence-corrected chi connectivity index (χ3v) is 3.45. The van der Waals surface area contributed by atoms with Gasteiger partial charge in [-0.05, 0) is 19.4 Å². The Balaban J connectivity index is 1.76. The van der Waals surface area contributed by atoms with Crippen molar-refractivity contribution in [3.05, 3.63) is 41.5 Å². The summed E-state index contributed by atoms with van der Waals surface area (Å²) >= 11 is 0.